The molecule has 0 amide bonds. The predicted octanol–water partition coefficient (Wildman–Crippen LogP) is 3.41. The van der Waals surface area contributed by atoms with Crippen LogP contribution in [0.5, 0.6) is 0 Å². The Balaban J connectivity index is 2.42. The van der Waals surface area contributed by atoms with E-state index in [-0.39, 0.29) is 11.0 Å². The number of hydrogen-bond donors (Lipinski definition) is 1. The first-order valence-corrected chi connectivity index (χ1v) is 10.6. The lowest BCUT2D eigenvalue weighted by atomic mass is 9.90. The molecule has 0 aliphatic carbocycles. The smallest absolute Gasteiger partial charge is 0.186 e. The van der Waals surface area contributed by atoms with Gasteiger partial charge < -0.3 is 14.5 Å². The van der Waals surface area contributed by atoms with Crippen LogP contribution in [0.2, 0.25) is 19.1 Å². The lowest BCUT2D eigenvalue weighted by Gasteiger charge is -2.38. The minimum atomic E-state index is -1.52. The lowest BCUT2D eigenvalue weighted by molar-refractivity contribution is -0.0247. The Kier molecular flexibility index (Phi) is 5.64. The van der Waals surface area contributed by atoms with Crippen LogP contribution in [0.25, 0.3) is 0 Å². The van der Waals surface area contributed by atoms with E-state index in [1.807, 2.05) is 7.11 Å². The summed E-state index contributed by atoms with van der Waals surface area (Å²) in [6.07, 6.45) is 2.64. The summed E-state index contributed by atoms with van der Waals surface area (Å²) in [4.78, 5) is 0. The van der Waals surface area contributed by atoms with Gasteiger partial charge in [0.15, 0.2) is 8.32 Å². The van der Waals surface area contributed by atoms with Crippen LogP contribution < -0.4 is 5.32 Å². The number of nitrogens with one attached hydrogen (secondary N) is 1. The van der Waals surface area contributed by atoms with Gasteiger partial charge in [-0.1, -0.05) is 13.8 Å². The van der Waals surface area contributed by atoms with Crippen molar-refractivity contribution in [3.8, 4) is 0 Å². The largest absolute Gasteiger partial charge is 0.420 e. The molecule has 3 nitrogen and oxygen atoms in total. The Morgan fingerprint density at radius 3 is 2.47 bits per heavy atom. The Labute approximate surface area is 120 Å². The van der Waals surface area contributed by atoms with Gasteiger partial charge in [-0.3, -0.25) is 0 Å². The molecule has 0 saturated carbocycles. The van der Waals surface area contributed by atoms with E-state index in [2.05, 4.69) is 46.1 Å². The maximum absolute atomic E-state index is 6.20. The minimum Gasteiger partial charge on any atom is -0.420 e. The average molecular weight is 288 g/mol. The van der Waals surface area contributed by atoms with E-state index in [0.717, 1.165) is 32.0 Å². The number of ether oxygens (including phenoxy) is 1. The molecule has 1 unspecified atom stereocenters. The first-order chi connectivity index (χ1) is 8.55. The molecule has 1 rings (SSSR count). The van der Waals surface area contributed by atoms with Gasteiger partial charge in [-0.05, 0) is 57.8 Å². The Bertz CT molecular complexity index is 290. The fourth-order valence-corrected chi connectivity index (χ4v) is 5.63. The average Bonchev–Trinajstić information content (AvgIpc) is 2.24. The molecule has 1 N–H and O–H groups in total. The SMILES string of the molecule is CO[Si](C)(C)CC(C)(C)COC1CCNC(C)(C)C1. The van der Waals surface area contributed by atoms with Gasteiger partial charge in [-0.2, -0.15) is 0 Å². The zero-order chi connectivity index (χ0) is 14.7. The first kappa shape index (κ1) is 17.1. The normalized spacial score (nSPS) is 24.5. The van der Waals surface area contributed by atoms with Crippen molar-refractivity contribution in [1.29, 1.82) is 0 Å². The van der Waals surface area contributed by atoms with Crippen LogP contribution in [0.4, 0.5) is 0 Å². The van der Waals surface area contributed by atoms with Gasteiger partial charge in [0.1, 0.15) is 0 Å². The zero-order valence-corrected chi connectivity index (χ0v) is 14.9. The summed E-state index contributed by atoms with van der Waals surface area (Å²) in [7, 11) is 0.326. The third-order valence-corrected chi connectivity index (χ3v) is 6.89. The van der Waals surface area contributed by atoms with Crippen LogP contribution in [-0.4, -0.2) is 40.2 Å². The quantitative estimate of drug-likeness (QED) is 0.759. The molecule has 19 heavy (non-hydrogen) atoms. The van der Waals surface area contributed by atoms with Gasteiger partial charge in [0.05, 0.1) is 12.7 Å². The predicted molar refractivity (Wildman–Crippen MR) is 84.1 cm³/mol. The van der Waals surface area contributed by atoms with E-state index in [1.54, 1.807) is 0 Å². The second kappa shape index (κ2) is 6.25. The fraction of sp³-hybridized carbons (Fsp3) is 1.00. The second-order valence-corrected chi connectivity index (χ2v) is 12.3. The van der Waals surface area contributed by atoms with Crippen LogP contribution in [-0.2, 0) is 9.16 Å². The molecule has 0 aromatic rings. The third kappa shape index (κ3) is 6.39. The summed E-state index contributed by atoms with van der Waals surface area (Å²) < 4.78 is 11.9. The van der Waals surface area contributed by atoms with Crippen LogP contribution in [0.1, 0.15) is 40.5 Å². The Morgan fingerprint density at radius 1 is 1.32 bits per heavy atom. The number of piperidine rings is 1. The first-order valence-electron chi connectivity index (χ1n) is 7.47. The molecule has 114 valence electrons. The van der Waals surface area contributed by atoms with E-state index in [1.165, 1.54) is 0 Å². The summed E-state index contributed by atoms with van der Waals surface area (Å²) in [5.41, 5.74) is 0.425. The van der Waals surface area contributed by atoms with E-state index < -0.39 is 8.32 Å². The molecule has 0 aromatic carbocycles. The monoisotopic (exact) mass is 287 g/mol. The standard InChI is InChI=1S/C15H33NO2Si/c1-14(2,12-19(6,7)17-5)11-18-13-8-9-16-15(3,4)10-13/h13,16H,8-12H2,1-7H3. The maximum atomic E-state index is 6.20. The van der Waals surface area contributed by atoms with Crippen molar-refractivity contribution in [2.75, 3.05) is 20.3 Å². The molecule has 1 saturated heterocycles. The summed E-state index contributed by atoms with van der Waals surface area (Å²) in [6.45, 7) is 15.6. The van der Waals surface area contributed by atoms with Crippen molar-refractivity contribution in [3.05, 3.63) is 0 Å². The van der Waals surface area contributed by atoms with Crippen molar-refractivity contribution >= 4 is 8.32 Å². The van der Waals surface area contributed by atoms with Gasteiger partial charge in [-0.25, -0.2) is 0 Å². The highest BCUT2D eigenvalue weighted by Gasteiger charge is 2.33. The highest BCUT2D eigenvalue weighted by atomic mass is 28.4. The molecule has 1 fully saturated rings. The highest BCUT2D eigenvalue weighted by Crippen LogP contribution is 2.31. The van der Waals surface area contributed by atoms with E-state index in [4.69, 9.17) is 9.16 Å². The Hall–Kier alpha value is 0.0969. The van der Waals surface area contributed by atoms with Gasteiger partial charge in [0.25, 0.3) is 0 Å². The van der Waals surface area contributed by atoms with E-state index >= 15 is 0 Å². The molecular weight excluding hydrogens is 254 g/mol. The number of rotatable bonds is 6. The van der Waals surface area contributed by atoms with Crippen molar-refractivity contribution < 1.29 is 9.16 Å². The lowest BCUT2D eigenvalue weighted by Crippen LogP contribution is -2.49. The molecule has 1 heterocycles. The van der Waals surface area contributed by atoms with Gasteiger partial charge >= 0.3 is 0 Å². The molecule has 0 aromatic heterocycles. The van der Waals surface area contributed by atoms with Crippen molar-refractivity contribution in [3.63, 3.8) is 0 Å². The van der Waals surface area contributed by atoms with Crippen molar-refractivity contribution in [2.45, 2.75) is 71.3 Å². The van der Waals surface area contributed by atoms with Gasteiger partial charge in [0, 0.05) is 12.6 Å². The minimum absolute atomic E-state index is 0.209. The zero-order valence-electron chi connectivity index (χ0n) is 13.9. The number of hydrogen-bond acceptors (Lipinski definition) is 3. The molecule has 0 bridgehead atoms. The molecule has 1 aliphatic heterocycles. The second-order valence-electron chi connectivity index (χ2n) is 8.04. The fourth-order valence-electron chi connectivity index (χ4n) is 3.08. The van der Waals surface area contributed by atoms with E-state index in [9.17, 15) is 0 Å². The van der Waals surface area contributed by atoms with Crippen molar-refractivity contribution in [2.24, 2.45) is 5.41 Å². The molecular formula is C15H33NO2Si. The van der Waals surface area contributed by atoms with Crippen LogP contribution in [0, 0.1) is 5.41 Å². The topological polar surface area (TPSA) is 30.5 Å². The maximum Gasteiger partial charge on any atom is 0.186 e. The summed E-state index contributed by atoms with van der Waals surface area (Å²) in [6, 6.07) is 1.14. The molecule has 1 aliphatic rings. The van der Waals surface area contributed by atoms with Gasteiger partial charge in [0.2, 0.25) is 0 Å². The summed E-state index contributed by atoms with van der Waals surface area (Å²) >= 11 is 0. The summed E-state index contributed by atoms with van der Waals surface area (Å²) in [5.74, 6) is 0. The van der Waals surface area contributed by atoms with Crippen molar-refractivity contribution in [1.82, 2.24) is 5.32 Å². The third-order valence-electron chi connectivity index (χ3n) is 3.97. The van der Waals surface area contributed by atoms with Crippen LogP contribution in [0.3, 0.4) is 0 Å². The molecule has 0 spiro atoms. The van der Waals surface area contributed by atoms with Crippen LogP contribution >= 0.6 is 0 Å². The molecule has 0 radical (unpaired) electrons. The Morgan fingerprint density at radius 2 is 1.95 bits per heavy atom. The van der Waals surface area contributed by atoms with E-state index in [0.29, 0.717) is 6.10 Å². The molecule has 1 atom stereocenters. The highest BCUT2D eigenvalue weighted by molar-refractivity contribution is 6.71. The van der Waals surface area contributed by atoms with Gasteiger partial charge in [-0.15, -0.1) is 0 Å². The summed E-state index contributed by atoms with van der Waals surface area (Å²) in [5, 5.41) is 3.54. The molecule has 4 heteroatoms. The van der Waals surface area contributed by atoms with Crippen LogP contribution in [0.15, 0.2) is 0 Å².